The fraction of sp³-hybridized carbons (Fsp3) is 0.548. The van der Waals surface area contributed by atoms with Crippen LogP contribution in [-0.4, -0.2) is 115 Å². The van der Waals surface area contributed by atoms with Crippen LogP contribution in [-0.2, 0) is 43.5 Å². The van der Waals surface area contributed by atoms with Gasteiger partial charge in [0.2, 0.25) is 0 Å². The Balaban J connectivity index is 0.000000471. The normalized spacial score (nSPS) is 17.1. The van der Waals surface area contributed by atoms with Crippen LogP contribution in [0.25, 0.3) is 0 Å². The molecule has 2 heterocycles. The highest BCUT2D eigenvalue weighted by Crippen LogP contribution is 2.37. The number of amides is 2. The van der Waals surface area contributed by atoms with Crippen molar-refractivity contribution in [2.45, 2.75) is 59.8 Å². The van der Waals surface area contributed by atoms with E-state index in [1.165, 1.54) is 73.7 Å². The Morgan fingerprint density at radius 2 is 1.06 bits per heavy atom. The SMILES string of the molecule is C.C.COCOc1ccc(S(=O)(=O)C2(C(=O)NO)CCN(C)CC2)cc1.COCOc1ccc(S(=O)(=O)C2(C(=O)NO)CCOCC2)cc1. The summed E-state index contributed by atoms with van der Waals surface area (Å²) >= 11 is 0. The molecular formula is C31H49N3O13S2. The van der Waals surface area contributed by atoms with Gasteiger partial charge < -0.3 is 28.6 Å². The number of likely N-dealkylation sites (tertiary alicyclic amines) is 1. The molecule has 2 aliphatic rings. The Hall–Kier alpha value is -3.36. The minimum atomic E-state index is -4.01. The van der Waals surface area contributed by atoms with Crippen LogP contribution in [0.1, 0.15) is 40.5 Å². The number of carbonyl (C=O) groups is 2. The van der Waals surface area contributed by atoms with Crippen molar-refractivity contribution in [3.8, 4) is 11.5 Å². The van der Waals surface area contributed by atoms with E-state index in [9.17, 15) is 26.4 Å². The molecule has 49 heavy (non-hydrogen) atoms. The van der Waals surface area contributed by atoms with Crippen molar-refractivity contribution in [1.82, 2.24) is 15.9 Å². The third-order valence-corrected chi connectivity index (χ3v) is 13.1. The number of carbonyl (C=O) groups excluding carboxylic acids is 2. The average molecular weight is 736 g/mol. The molecule has 4 N–H and O–H groups in total. The van der Waals surface area contributed by atoms with Crippen molar-refractivity contribution in [2.75, 3.05) is 61.2 Å². The Kier molecular flexibility index (Phi) is 17.1. The van der Waals surface area contributed by atoms with E-state index >= 15 is 0 Å². The molecule has 0 aromatic heterocycles. The van der Waals surface area contributed by atoms with E-state index in [0.717, 1.165) is 0 Å². The van der Waals surface area contributed by atoms with Crippen LogP contribution in [0, 0.1) is 0 Å². The van der Waals surface area contributed by atoms with E-state index in [4.69, 9.17) is 34.1 Å². The summed E-state index contributed by atoms with van der Waals surface area (Å²) in [6.07, 6.45) is 0.174. The first-order valence-electron chi connectivity index (χ1n) is 14.4. The zero-order chi connectivity index (χ0) is 34.7. The van der Waals surface area contributed by atoms with Crippen LogP contribution in [0.15, 0.2) is 58.3 Å². The summed E-state index contributed by atoms with van der Waals surface area (Å²) in [5.74, 6) is -0.936. The summed E-state index contributed by atoms with van der Waals surface area (Å²) in [5.41, 5.74) is 3.00. The lowest BCUT2D eigenvalue weighted by atomic mass is 9.95. The quantitative estimate of drug-likeness (QED) is 0.140. The summed E-state index contributed by atoms with van der Waals surface area (Å²) < 4.78 is 73.8. The number of nitrogens with zero attached hydrogens (tertiary/aromatic N) is 1. The molecule has 4 rings (SSSR count). The third-order valence-electron chi connectivity index (χ3n) is 8.11. The predicted octanol–water partition coefficient (Wildman–Crippen LogP) is 2.18. The molecule has 0 unspecified atom stereocenters. The first-order chi connectivity index (χ1) is 22.3. The maximum atomic E-state index is 13.1. The van der Waals surface area contributed by atoms with Gasteiger partial charge in [-0.1, -0.05) is 14.9 Å². The zero-order valence-electron chi connectivity index (χ0n) is 26.3. The number of ether oxygens (including phenoxy) is 5. The molecule has 2 aromatic carbocycles. The second-order valence-electron chi connectivity index (χ2n) is 10.8. The molecule has 0 saturated carbocycles. The average Bonchev–Trinajstić information content (AvgIpc) is 3.10. The van der Waals surface area contributed by atoms with E-state index in [0.29, 0.717) is 24.6 Å². The standard InChI is InChI=1S/C15H22N2O6S.C14H19NO7S.2CH4/c1-17-9-7-15(8-10-17,14(18)16-19)24(20,21)13-5-3-12(4-6-13)23-11-22-2;1-20-10-22-11-2-4-12(5-3-11)23(18,19)14(13(16)15-17)6-8-21-9-7-14;;/h3-6,19H,7-11H2,1-2H3,(H,16,18);2-5,17H,6-10H2,1H3,(H,15,16);2*1H4. The number of piperidine rings is 1. The number of hydrogen-bond acceptors (Lipinski definition) is 14. The van der Waals surface area contributed by atoms with Crippen molar-refractivity contribution in [1.29, 1.82) is 0 Å². The van der Waals surface area contributed by atoms with Gasteiger partial charge in [-0.2, -0.15) is 0 Å². The molecule has 0 radical (unpaired) electrons. The largest absolute Gasteiger partial charge is 0.468 e. The first kappa shape index (κ1) is 43.7. The number of hydroxylamine groups is 2. The van der Waals surface area contributed by atoms with Gasteiger partial charge in [0.05, 0.1) is 9.79 Å². The van der Waals surface area contributed by atoms with Crippen molar-refractivity contribution in [2.24, 2.45) is 0 Å². The third kappa shape index (κ3) is 9.46. The molecule has 18 heteroatoms. The number of nitrogens with one attached hydrogen (secondary N) is 2. The second-order valence-corrected chi connectivity index (χ2v) is 15.4. The molecule has 278 valence electrons. The summed E-state index contributed by atoms with van der Waals surface area (Å²) in [6, 6.07) is 11.5. The van der Waals surface area contributed by atoms with Crippen LogP contribution in [0.3, 0.4) is 0 Å². The van der Waals surface area contributed by atoms with Crippen LogP contribution >= 0.6 is 0 Å². The second kappa shape index (κ2) is 19.1. The van der Waals surface area contributed by atoms with E-state index < -0.39 is 41.0 Å². The first-order valence-corrected chi connectivity index (χ1v) is 17.4. The van der Waals surface area contributed by atoms with Gasteiger partial charge >= 0.3 is 0 Å². The molecule has 0 bridgehead atoms. The Bertz CT molecular complexity index is 1540. The van der Waals surface area contributed by atoms with Crippen molar-refractivity contribution < 1.29 is 60.5 Å². The van der Waals surface area contributed by atoms with Crippen LogP contribution in [0.5, 0.6) is 11.5 Å². The topological polar surface area (TPSA) is 216 Å². The van der Waals surface area contributed by atoms with Gasteiger partial charge in [-0.3, -0.25) is 20.0 Å². The maximum absolute atomic E-state index is 13.1. The Morgan fingerprint density at radius 3 is 1.39 bits per heavy atom. The predicted molar refractivity (Wildman–Crippen MR) is 178 cm³/mol. The lowest BCUT2D eigenvalue weighted by Gasteiger charge is -2.38. The summed E-state index contributed by atoms with van der Waals surface area (Å²) in [4.78, 5) is 26.2. The molecule has 0 atom stereocenters. The van der Waals surface area contributed by atoms with Gasteiger partial charge in [0.15, 0.2) is 42.8 Å². The van der Waals surface area contributed by atoms with Gasteiger partial charge in [0.25, 0.3) is 11.8 Å². The summed E-state index contributed by atoms with van der Waals surface area (Å²) in [5, 5.41) is 18.0. The minimum absolute atomic E-state index is 0. The lowest BCUT2D eigenvalue weighted by molar-refractivity contribution is -0.134. The van der Waals surface area contributed by atoms with Gasteiger partial charge in [0, 0.05) is 27.4 Å². The van der Waals surface area contributed by atoms with E-state index in [1.54, 1.807) is 0 Å². The molecule has 0 spiro atoms. The van der Waals surface area contributed by atoms with Crippen molar-refractivity contribution in [3.05, 3.63) is 48.5 Å². The summed E-state index contributed by atoms with van der Waals surface area (Å²) in [6.45, 7) is 1.24. The summed E-state index contributed by atoms with van der Waals surface area (Å²) in [7, 11) is -3.18. The monoisotopic (exact) mass is 735 g/mol. The Morgan fingerprint density at radius 1 is 0.714 bits per heavy atom. The molecule has 2 aliphatic heterocycles. The number of methoxy groups -OCH3 is 2. The highest BCUT2D eigenvalue weighted by Gasteiger charge is 2.53. The number of benzene rings is 2. The van der Waals surface area contributed by atoms with Crippen LogP contribution in [0.2, 0.25) is 0 Å². The zero-order valence-corrected chi connectivity index (χ0v) is 28.0. The van der Waals surface area contributed by atoms with E-state index in [1.807, 2.05) is 11.9 Å². The van der Waals surface area contributed by atoms with Gasteiger partial charge in [-0.15, -0.1) is 0 Å². The van der Waals surface area contributed by atoms with Crippen LogP contribution in [0.4, 0.5) is 0 Å². The lowest BCUT2D eigenvalue weighted by Crippen LogP contribution is -2.57. The van der Waals surface area contributed by atoms with Crippen molar-refractivity contribution >= 4 is 31.5 Å². The molecule has 2 fully saturated rings. The number of hydrogen-bond donors (Lipinski definition) is 4. The highest BCUT2D eigenvalue weighted by molar-refractivity contribution is 7.94. The molecule has 2 amide bonds. The molecule has 2 aromatic rings. The van der Waals surface area contributed by atoms with Crippen LogP contribution < -0.4 is 20.4 Å². The molecule has 0 aliphatic carbocycles. The Labute approximate surface area is 288 Å². The van der Waals surface area contributed by atoms with E-state index in [2.05, 4.69) is 0 Å². The van der Waals surface area contributed by atoms with Crippen molar-refractivity contribution in [3.63, 3.8) is 0 Å². The van der Waals surface area contributed by atoms with E-state index in [-0.39, 0.29) is 77.1 Å². The fourth-order valence-corrected chi connectivity index (χ4v) is 9.15. The molecular weight excluding hydrogens is 686 g/mol. The van der Waals surface area contributed by atoms with Gasteiger partial charge in [0.1, 0.15) is 11.5 Å². The highest BCUT2D eigenvalue weighted by atomic mass is 32.2. The maximum Gasteiger partial charge on any atom is 0.265 e. The fourth-order valence-electron chi connectivity index (χ4n) is 5.26. The minimum Gasteiger partial charge on any atom is -0.468 e. The smallest absolute Gasteiger partial charge is 0.265 e. The number of rotatable bonds is 12. The molecule has 2 saturated heterocycles. The number of sulfone groups is 2. The van der Waals surface area contributed by atoms with Gasteiger partial charge in [-0.05, 0) is 94.4 Å². The molecule has 16 nitrogen and oxygen atoms in total. The van der Waals surface area contributed by atoms with Gasteiger partial charge in [-0.25, -0.2) is 27.8 Å².